The molecule has 0 aromatic carbocycles. The highest BCUT2D eigenvalue weighted by molar-refractivity contribution is 5.85. The van der Waals surface area contributed by atoms with Crippen LogP contribution in [-0.4, -0.2) is 55.0 Å². The third-order valence-corrected chi connectivity index (χ3v) is 4.44. The summed E-state index contributed by atoms with van der Waals surface area (Å²) in [4.78, 5) is 14.2. The Morgan fingerprint density at radius 1 is 1.36 bits per heavy atom. The van der Waals surface area contributed by atoms with Gasteiger partial charge in [0.25, 0.3) is 5.92 Å². The van der Waals surface area contributed by atoms with Crippen LogP contribution in [0.2, 0.25) is 0 Å². The maximum Gasteiger partial charge on any atom is 0.262 e. The van der Waals surface area contributed by atoms with Crippen LogP contribution in [0.4, 0.5) is 8.78 Å². The summed E-state index contributed by atoms with van der Waals surface area (Å²) in [5.41, 5.74) is 0. The Labute approximate surface area is 143 Å². The number of nitrogens with one attached hydrogen (secondary N) is 2. The van der Waals surface area contributed by atoms with E-state index in [9.17, 15) is 13.6 Å². The average Bonchev–Trinajstić information content (AvgIpc) is 2.77. The van der Waals surface area contributed by atoms with Crippen molar-refractivity contribution in [3.63, 3.8) is 0 Å². The first-order chi connectivity index (χ1) is 9.37. The molecule has 1 amide bonds. The summed E-state index contributed by atoms with van der Waals surface area (Å²) in [5.74, 6) is -2.28. The molecule has 0 aliphatic carbocycles. The zero-order valence-electron chi connectivity index (χ0n) is 13.1. The van der Waals surface area contributed by atoms with E-state index in [-0.39, 0.29) is 36.8 Å². The first kappa shape index (κ1) is 21.8. The van der Waals surface area contributed by atoms with Crippen molar-refractivity contribution < 1.29 is 13.6 Å². The number of halogens is 4. The van der Waals surface area contributed by atoms with E-state index in [2.05, 4.69) is 29.4 Å². The lowest BCUT2D eigenvalue weighted by Gasteiger charge is -2.35. The number of amides is 1. The van der Waals surface area contributed by atoms with Gasteiger partial charge in [-0.05, 0) is 38.8 Å². The molecule has 0 saturated carbocycles. The molecule has 0 bridgehead atoms. The van der Waals surface area contributed by atoms with Crippen LogP contribution in [0.5, 0.6) is 0 Å². The third-order valence-electron chi connectivity index (χ3n) is 4.44. The minimum Gasteiger partial charge on any atom is -0.353 e. The maximum absolute atomic E-state index is 13.0. The Bertz CT molecular complexity index is 353. The summed E-state index contributed by atoms with van der Waals surface area (Å²) in [6, 6.07) is -0.494. The van der Waals surface area contributed by atoms with Gasteiger partial charge in [-0.25, -0.2) is 8.78 Å². The molecule has 2 saturated heterocycles. The Morgan fingerprint density at radius 3 is 2.45 bits per heavy atom. The highest BCUT2D eigenvalue weighted by atomic mass is 35.5. The van der Waals surface area contributed by atoms with Gasteiger partial charge in [0.2, 0.25) is 5.91 Å². The molecule has 0 aromatic heterocycles. The Kier molecular flexibility index (Phi) is 9.13. The second-order valence-corrected chi connectivity index (χ2v) is 6.31. The van der Waals surface area contributed by atoms with Crippen molar-refractivity contribution in [3.8, 4) is 0 Å². The molecule has 2 N–H and O–H groups in total. The number of nitrogens with zero attached hydrogens (tertiary/aromatic N) is 1. The molecule has 22 heavy (non-hydrogen) atoms. The van der Waals surface area contributed by atoms with Crippen molar-refractivity contribution in [2.45, 2.75) is 51.1 Å². The van der Waals surface area contributed by atoms with E-state index in [0.717, 1.165) is 19.0 Å². The number of piperidine rings is 1. The second-order valence-electron chi connectivity index (χ2n) is 6.31. The number of carbonyl (C=O) groups is 1. The van der Waals surface area contributed by atoms with Gasteiger partial charge in [0.1, 0.15) is 0 Å². The van der Waals surface area contributed by atoms with Crippen molar-refractivity contribution in [1.29, 1.82) is 0 Å². The number of hydrogen-bond donors (Lipinski definition) is 2. The molecule has 2 aliphatic heterocycles. The van der Waals surface area contributed by atoms with Crippen LogP contribution in [0.15, 0.2) is 0 Å². The molecule has 0 aromatic rings. The molecule has 4 nitrogen and oxygen atoms in total. The van der Waals surface area contributed by atoms with Gasteiger partial charge in [0, 0.05) is 19.0 Å². The standard InChI is InChI=1S/C14H25F2N3O.2ClH/c1-10-3-5-19(6-4-10)11(2)8-17-13(20)12-7-14(15,16)9-18-12;;/h10-12,18H,3-9H2,1-2H3,(H,17,20);2*1H. The van der Waals surface area contributed by atoms with E-state index in [1.54, 1.807) is 0 Å². The Hall–Kier alpha value is -0.170. The van der Waals surface area contributed by atoms with E-state index >= 15 is 0 Å². The van der Waals surface area contributed by atoms with Crippen LogP contribution in [-0.2, 0) is 4.79 Å². The number of likely N-dealkylation sites (tertiary alicyclic amines) is 1. The van der Waals surface area contributed by atoms with E-state index < -0.39 is 24.9 Å². The first-order valence-corrected chi connectivity index (χ1v) is 7.50. The highest BCUT2D eigenvalue weighted by Gasteiger charge is 2.42. The van der Waals surface area contributed by atoms with Gasteiger partial charge < -0.3 is 5.32 Å². The fourth-order valence-electron chi connectivity index (χ4n) is 2.87. The Morgan fingerprint density at radius 2 is 1.95 bits per heavy atom. The van der Waals surface area contributed by atoms with Crippen molar-refractivity contribution in [2.24, 2.45) is 5.92 Å². The molecule has 132 valence electrons. The predicted molar refractivity (Wildman–Crippen MR) is 88.3 cm³/mol. The monoisotopic (exact) mass is 361 g/mol. The molecule has 2 unspecified atom stereocenters. The molecule has 2 fully saturated rings. The predicted octanol–water partition coefficient (Wildman–Crippen LogP) is 2.06. The van der Waals surface area contributed by atoms with E-state index in [1.807, 2.05) is 0 Å². The van der Waals surface area contributed by atoms with Gasteiger partial charge >= 0.3 is 0 Å². The fourth-order valence-corrected chi connectivity index (χ4v) is 2.87. The molecule has 8 heteroatoms. The number of hydrogen-bond acceptors (Lipinski definition) is 3. The summed E-state index contributed by atoms with van der Waals surface area (Å²) in [5, 5.41) is 5.37. The molecule has 0 spiro atoms. The first-order valence-electron chi connectivity index (χ1n) is 7.50. The van der Waals surface area contributed by atoms with Crippen LogP contribution < -0.4 is 10.6 Å². The van der Waals surface area contributed by atoms with E-state index in [1.165, 1.54) is 12.8 Å². The van der Waals surface area contributed by atoms with Gasteiger partial charge in [-0.2, -0.15) is 0 Å². The van der Waals surface area contributed by atoms with Crippen LogP contribution >= 0.6 is 24.8 Å². The van der Waals surface area contributed by atoms with Gasteiger partial charge in [-0.15, -0.1) is 24.8 Å². The SMILES string of the molecule is CC1CCN(C(C)CNC(=O)C2CC(F)(F)CN2)CC1.Cl.Cl. The molecule has 2 aliphatic rings. The quantitative estimate of drug-likeness (QED) is 0.805. The van der Waals surface area contributed by atoms with E-state index in [4.69, 9.17) is 0 Å². The lowest BCUT2D eigenvalue weighted by Crippen LogP contribution is -2.48. The minimum atomic E-state index is -2.75. The van der Waals surface area contributed by atoms with E-state index in [0.29, 0.717) is 6.54 Å². The third kappa shape index (κ3) is 6.14. The fraction of sp³-hybridized carbons (Fsp3) is 0.929. The molecule has 2 heterocycles. The highest BCUT2D eigenvalue weighted by Crippen LogP contribution is 2.25. The van der Waals surface area contributed by atoms with Crippen LogP contribution in [0.1, 0.15) is 33.1 Å². The van der Waals surface area contributed by atoms with Gasteiger partial charge in [0.05, 0.1) is 12.6 Å². The largest absolute Gasteiger partial charge is 0.353 e. The molecule has 0 radical (unpaired) electrons. The number of carbonyl (C=O) groups excluding carboxylic acids is 1. The minimum absolute atomic E-state index is 0. The normalized spacial score (nSPS) is 26.6. The van der Waals surface area contributed by atoms with Crippen molar-refractivity contribution >= 4 is 30.7 Å². The second kappa shape index (κ2) is 9.21. The summed E-state index contributed by atoms with van der Waals surface area (Å²) in [7, 11) is 0. The van der Waals surface area contributed by atoms with Gasteiger partial charge in [0.15, 0.2) is 0 Å². The van der Waals surface area contributed by atoms with Crippen molar-refractivity contribution in [1.82, 2.24) is 15.5 Å². The number of alkyl halides is 2. The smallest absolute Gasteiger partial charge is 0.262 e. The summed E-state index contributed by atoms with van der Waals surface area (Å²) >= 11 is 0. The Balaban J connectivity index is 0.00000220. The lowest BCUT2D eigenvalue weighted by molar-refractivity contribution is -0.123. The summed E-state index contributed by atoms with van der Waals surface area (Å²) in [6.07, 6.45) is 1.98. The molecular weight excluding hydrogens is 335 g/mol. The lowest BCUT2D eigenvalue weighted by atomic mass is 9.98. The average molecular weight is 362 g/mol. The topological polar surface area (TPSA) is 44.4 Å². The molecule has 2 atom stereocenters. The molecular formula is C14H27Cl2F2N3O. The van der Waals surface area contributed by atoms with Gasteiger partial charge in [-0.1, -0.05) is 6.92 Å². The van der Waals surface area contributed by atoms with Crippen molar-refractivity contribution in [3.05, 3.63) is 0 Å². The van der Waals surface area contributed by atoms with Gasteiger partial charge in [-0.3, -0.25) is 15.0 Å². The number of rotatable bonds is 4. The summed E-state index contributed by atoms with van der Waals surface area (Å²) in [6.45, 7) is 6.57. The summed E-state index contributed by atoms with van der Waals surface area (Å²) < 4.78 is 26.1. The zero-order valence-corrected chi connectivity index (χ0v) is 14.7. The van der Waals surface area contributed by atoms with Crippen LogP contribution in [0.25, 0.3) is 0 Å². The van der Waals surface area contributed by atoms with Crippen molar-refractivity contribution in [2.75, 3.05) is 26.2 Å². The maximum atomic E-state index is 13.0. The molecule has 2 rings (SSSR count). The van der Waals surface area contributed by atoms with Crippen LogP contribution in [0.3, 0.4) is 0 Å². The zero-order chi connectivity index (χ0) is 14.8. The van der Waals surface area contributed by atoms with Crippen LogP contribution in [0, 0.1) is 5.92 Å².